The zero-order valence-electron chi connectivity index (χ0n) is 13.9. The van der Waals surface area contributed by atoms with Crippen molar-refractivity contribution in [3.05, 3.63) is 57.9 Å². The van der Waals surface area contributed by atoms with Gasteiger partial charge in [-0.2, -0.15) is 0 Å². The quantitative estimate of drug-likeness (QED) is 0.752. The summed E-state index contributed by atoms with van der Waals surface area (Å²) < 4.78 is 24.7. The average molecular weight is 364 g/mol. The number of carbonyl (C=O) groups is 1. The Hall–Kier alpha value is -2.27. The van der Waals surface area contributed by atoms with Crippen LogP contribution < -0.4 is 10.1 Å². The van der Waals surface area contributed by atoms with E-state index in [-0.39, 0.29) is 5.56 Å². The van der Waals surface area contributed by atoms with Gasteiger partial charge in [-0.3, -0.25) is 0 Å². The number of fused-ring (bicyclic) bond motifs is 2. The largest absolute Gasteiger partial charge is 0.487 e. The van der Waals surface area contributed by atoms with E-state index in [4.69, 9.17) is 16.3 Å². The molecule has 3 rings (SSSR count). The van der Waals surface area contributed by atoms with Crippen molar-refractivity contribution in [3.63, 3.8) is 0 Å². The molecule has 0 saturated heterocycles. The molecule has 2 aromatic carbocycles. The van der Waals surface area contributed by atoms with Crippen molar-refractivity contribution in [1.82, 2.24) is 0 Å². The molecule has 4 nitrogen and oxygen atoms in total. The second kappa shape index (κ2) is 7.74. The van der Waals surface area contributed by atoms with Crippen LogP contribution in [-0.2, 0) is 17.8 Å². The molecule has 6 heteroatoms. The van der Waals surface area contributed by atoms with Gasteiger partial charge in [-0.15, -0.1) is 0 Å². The lowest BCUT2D eigenvalue weighted by Gasteiger charge is -2.15. The first-order valence-corrected chi connectivity index (χ1v) is 8.52. The molecule has 25 heavy (non-hydrogen) atoms. The first-order valence-electron chi connectivity index (χ1n) is 8.14. The van der Waals surface area contributed by atoms with Gasteiger partial charge >= 0.3 is 5.97 Å². The van der Waals surface area contributed by atoms with E-state index in [2.05, 4.69) is 10.1 Å². The van der Waals surface area contributed by atoms with E-state index in [9.17, 15) is 9.18 Å². The molecular formula is C19H19ClFNO3. The van der Waals surface area contributed by atoms with Gasteiger partial charge in [0.2, 0.25) is 0 Å². The molecule has 0 aliphatic carbocycles. The van der Waals surface area contributed by atoms with Gasteiger partial charge in [0, 0.05) is 17.6 Å². The maximum absolute atomic E-state index is 14.2. The van der Waals surface area contributed by atoms with Crippen molar-refractivity contribution in [1.29, 1.82) is 0 Å². The van der Waals surface area contributed by atoms with Gasteiger partial charge < -0.3 is 14.8 Å². The monoisotopic (exact) mass is 363 g/mol. The highest BCUT2D eigenvalue weighted by atomic mass is 35.5. The summed E-state index contributed by atoms with van der Waals surface area (Å²) in [5, 5.41) is 3.92. The third-order valence-electron chi connectivity index (χ3n) is 4.21. The Morgan fingerprint density at radius 3 is 2.88 bits per heavy atom. The van der Waals surface area contributed by atoms with Gasteiger partial charge in [-0.05, 0) is 48.6 Å². The number of carbonyl (C=O) groups excluding carboxylic acids is 1. The lowest BCUT2D eigenvalue weighted by Crippen LogP contribution is -2.09. The summed E-state index contributed by atoms with van der Waals surface area (Å²) in [6, 6.07) is 8.37. The number of hydrogen-bond donors (Lipinski definition) is 1. The van der Waals surface area contributed by atoms with E-state index < -0.39 is 11.8 Å². The summed E-state index contributed by atoms with van der Waals surface area (Å²) in [6.45, 7) is 0.997. The number of hydrogen-bond acceptors (Lipinski definition) is 4. The van der Waals surface area contributed by atoms with E-state index in [0.717, 1.165) is 30.4 Å². The van der Waals surface area contributed by atoms with Crippen LogP contribution in [0.5, 0.6) is 5.75 Å². The fourth-order valence-corrected chi connectivity index (χ4v) is 3.06. The molecule has 0 spiro atoms. The number of ether oxygens (including phenoxy) is 2. The third kappa shape index (κ3) is 4.04. The molecule has 0 unspecified atom stereocenters. The summed E-state index contributed by atoms with van der Waals surface area (Å²) >= 11 is 6.09. The van der Waals surface area contributed by atoms with Crippen LogP contribution in [0.3, 0.4) is 0 Å². The van der Waals surface area contributed by atoms with Crippen LogP contribution in [-0.4, -0.2) is 19.6 Å². The molecule has 0 aromatic heterocycles. The highest BCUT2D eigenvalue weighted by Crippen LogP contribution is 2.31. The van der Waals surface area contributed by atoms with Crippen LogP contribution in [0.25, 0.3) is 0 Å². The number of nitrogens with one attached hydrogen (secondary N) is 1. The average Bonchev–Trinajstić information content (AvgIpc) is 2.64. The van der Waals surface area contributed by atoms with E-state index in [1.807, 2.05) is 18.2 Å². The zero-order chi connectivity index (χ0) is 17.8. The maximum Gasteiger partial charge on any atom is 0.340 e. The minimum atomic E-state index is -0.712. The Bertz CT molecular complexity index is 794. The standard InChI is InChI=1S/C19H19ClFNO3/c1-24-19(23)15-9-17-18(10-16(15)21)25-11-13-5-6-14(20)8-12(13)4-2-3-7-22-17/h5-6,8-10,22H,2-4,7,11H2,1H3. The molecule has 0 radical (unpaired) electrons. The number of benzene rings is 2. The fraction of sp³-hybridized carbons (Fsp3) is 0.316. The van der Waals surface area contributed by atoms with Gasteiger partial charge in [0.25, 0.3) is 0 Å². The lowest BCUT2D eigenvalue weighted by molar-refractivity contribution is 0.0595. The second-order valence-electron chi connectivity index (χ2n) is 5.91. The number of rotatable bonds is 1. The smallest absolute Gasteiger partial charge is 0.340 e. The molecular weight excluding hydrogens is 345 g/mol. The van der Waals surface area contributed by atoms with Crippen molar-refractivity contribution >= 4 is 23.3 Å². The third-order valence-corrected chi connectivity index (χ3v) is 4.45. The minimum Gasteiger partial charge on any atom is -0.487 e. The Kier molecular flexibility index (Phi) is 5.43. The molecule has 0 fully saturated rings. The summed E-state index contributed by atoms with van der Waals surface area (Å²) in [4.78, 5) is 11.7. The predicted octanol–water partition coefficient (Wildman–Crippen LogP) is 4.59. The van der Waals surface area contributed by atoms with Gasteiger partial charge in [-0.25, -0.2) is 9.18 Å². The van der Waals surface area contributed by atoms with Gasteiger partial charge in [0.1, 0.15) is 18.2 Å². The van der Waals surface area contributed by atoms with Crippen LogP contribution in [0, 0.1) is 5.82 Å². The summed E-state index contributed by atoms with van der Waals surface area (Å²) in [5.41, 5.74) is 2.64. The molecule has 0 atom stereocenters. The summed E-state index contributed by atoms with van der Waals surface area (Å²) in [6.07, 6.45) is 2.82. The molecule has 0 saturated carbocycles. The van der Waals surface area contributed by atoms with E-state index >= 15 is 0 Å². The van der Waals surface area contributed by atoms with Gasteiger partial charge in [0.05, 0.1) is 18.4 Å². The Morgan fingerprint density at radius 1 is 1.24 bits per heavy atom. The van der Waals surface area contributed by atoms with E-state index in [1.165, 1.54) is 19.2 Å². The van der Waals surface area contributed by atoms with Crippen LogP contribution in [0.1, 0.15) is 34.3 Å². The summed E-state index contributed by atoms with van der Waals surface area (Å²) in [7, 11) is 1.23. The summed E-state index contributed by atoms with van der Waals surface area (Å²) in [5.74, 6) is -1.01. The predicted molar refractivity (Wildman–Crippen MR) is 95.0 cm³/mol. The molecule has 1 N–H and O–H groups in total. The first kappa shape index (κ1) is 17.5. The topological polar surface area (TPSA) is 47.6 Å². The van der Waals surface area contributed by atoms with E-state index in [0.29, 0.717) is 29.6 Å². The molecule has 0 amide bonds. The molecule has 0 bridgehead atoms. The first-order chi connectivity index (χ1) is 12.1. The van der Waals surface area contributed by atoms with Gasteiger partial charge in [-0.1, -0.05) is 17.7 Å². The Labute approximate surface area is 150 Å². The maximum atomic E-state index is 14.2. The molecule has 132 valence electrons. The number of esters is 1. The number of methoxy groups -OCH3 is 1. The Morgan fingerprint density at radius 2 is 2.08 bits per heavy atom. The van der Waals surface area contributed by atoms with Gasteiger partial charge in [0.15, 0.2) is 0 Å². The molecule has 2 aromatic rings. The van der Waals surface area contributed by atoms with Crippen LogP contribution in [0.2, 0.25) is 5.02 Å². The molecule has 1 heterocycles. The highest BCUT2D eigenvalue weighted by Gasteiger charge is 2.18. The lowest BCUT2D eigenvalue weighted by atomic mass is 10.0. The van der Waals surface area contributed by atoms with Crippen molar-refractivity contribution in [2.24, 2.45) is 0 Å². The normalized spacial score (nSPS) is 14.2. The molecule has 1 aliphatic heterocycles. The molecule has 1 aliphatic rings. The SMILES string of the molecule is COC(=O)c1cc2c(cc1F)OCc1ccc(Cl)cc1CCCCN2. The number of anilines is 1. The van der Waals surface area contributed by atoms with Crippen molar-refractivity contribution in [2.45, 2.75) is 25.9 Å². The van der Waals surface area contributed by atoms with Crippen LogP contribution in [0.4, 0.5) is 10.1 Å². The fourth-order valence-electron chi connectivity index (χ4n) is 2.87. The van der Waals surface area contributed by atoms with Crippen molar-refractivity contribution in [2.75, 3.05) is 19.0 Å². The van der Waals surface area contributed by atoms with Crippen molar-refractivity contribution in [3.8, 4) is 5.75 Å². The minimum absolute atomic E-state index is 0.112. The number of halogens is 2. The van der Waals surface area contributed by atoms with E-state index in [1.54, 1.807) is 0 Å². The zero-order valence-corrected chi connectivity index (χ0v) is 14.7. The van der Waals surface area contributed by atoms with Crippen LogP contribution in [0.15, 0.2) is 30.3 Å². The Balaban J connectivity index is 1.95. The van der Waals surface area contributed by atoms with Crippen LogP contribution >= 0.6 is 11.6 Å². The number of aryl methyl sites for hydroxylation is 1. The van der Waals surface area contributed by atoms with Crippen molar-refractivity contribution < 1.29 is 18.7 Å². The highest BCUT2D eigenvalue weighted by molar-refractivity contribution is 6.30. The second-order valence-corrected chi connectivity index (χ2v) is 6.34.